The fourth-order valence-electron chi connectivity index (χ4n) is 1.57. The Morgan fingerprint density at radius 2 is 2.00 bits per heavy atom. The fourth-order valence-corrected chi connectivity index (χ4v) is 2.59. The first-order valence-electron chi connectivity index (χ1n) is 6.36. The summed E-state index contributed by atoms with van der Waals surface area (Å²) in [7, 11) is -1.91. The van der Waals surface area contributed by atoms with Crippen molar-refractivity contribution >= 4 is 15.7 Å². The van der Waals surface area contributed by atoms with Crippen LogP contribution < -0.4 is 14.8 Å². The van der Waals surface area contributed by atoms with Gasteiger partial charge in [-0.05, 0) is 32.0 Å². The molecule has 0 radical (unpaired) electrons. The molecule has 19 heavy (non-hydrogen) atoms. The molecule has 1 unspecified atom stereocenters. The van der Waals surface area contributed by atoms with E-state index >= 15 is 0 Å². The summed E-state index contributed by atoms with van der Waals surface area (Å²) in [6.07, 6.45) is 0.979. The quantitative estimate of drug-likeness (QED) is 0.715. The summed E-state index contributed by atoms with van der Waals surface area (Å²) in [4.78, 5) is 0. The molecule has 2 N–H and O–H groups in total. The van der Waals surface area contributed by atoms with E-state index in [1.807, 2.05) is 6.92 Å². The summed E-state index contributed by atoms with van der Waals surface area (Å²) < 4.78 is 32.0. The first-order chi connectivity index (χ1) is 9.01. The molecule has 0 aliphatic rings. The lowest BCUT2D eigenvalue weighted by Gasteiger charge is -2.16. The molecule has 1 aromatic rings. The minimum absolute atomic E-state index is 0.429. The molecule has 0 aliphatic carbocycles. The van der Waals surface area contributed by atoms with Crippen LogP contribution in [0.4, 0.5) is 5.69 Å². The first kappa shape index (κ1) is 15.8. The van der Waals surface area contributed by atoms with Gasteiger partial charge in [0.25, 0.3) is 0 Å². The van der Waals surface area contributed by atoms with Crippen LogP contribution >= 0.6 is 0 Å². The number of methoxy groups -OCH3 is 1. The van der Waals surface area contributed by atoms with E-state index in [1.54, 1.807) is 31.2 Å². The third-order valence-corrected chi connectivity index (χ3v) is 4.48. The van der Waals surface area contributed by atoms with Crippen LogP contribution in [0.3, 0.4) is 0 Å². The molecule has 108 valence electrons. The first-order valence-corrected chi connectivity index (χ1v) is 7.91. The summed E-state index contributed by atoms with van der Waals surface area (Å²) in [5, 5.41) is 2.59. The topological polar surface area (TPSA) is 67.4 Å². The molecule has 0 heterocycles. The van der Waals surface area contributed by atoms with Crippen molar-refractivity contribution in [2.75, 3.05) is 24.9 Å². The monoisotopic (exact) mass is 286 g/mol. The number of ether oxygens (including phenoxy) is 1. The van der Waals surface area contributed by atoms with E-state index in [0.29, 0.717) is 18.0 Å². The van der Waals surface area contributed by atoms with Crippen molar-refractivity contribution in [1.82, 2.24) is 5.32 Å². The van der Waals surface area contributed by atoms with Crippen LogP contribution in [-0.4, -0.2) is 33.9 Å². The second kappa shape index (κ2) is 7.35. The lowest BCUT2D eigenvalue weighted by atomic mass is 10.3. The maximum atomic E-state index is 12.2. The van der Waals surface area contributed by atoms with Gasteiger partial charge in [0.15, 0.2) is 0 Å². The van der Waals surface area contributed by atoms with Crippen molar-refractivity contribution in [3.8, 4) is 5.75 Å². The molecular weight excluding hydrogens is 264 g/mol. The summed E-state index contributed by atoms with van der Waals surface area (Å²) in [6, 6.07) is 6.96. The molecule has 0 aromatic heterocycles. The van der Waals surface area contributed by atoms with Gasteiger partial charge in [0.05, 0.1) is 18.0 Å². The second-order valence-electron chi connectivity index (χ2n) is 4.36. The third kappa shape index (κ3) is 4.72. The van der Waals surface area contributed by atoms with Crippen LogP contribution in [0.15, 0.2) is 24.3 Å². The minimum Gasteiger partial charge on any atom is -0.495 e. The Morgan fingerprint density at radius 3 is 2.63 bits per heavy atom. The summed E-state index contributed by atoms with van der Waals surface area (Å²) in [5.74, 6) is 0.514. The summed E-state index contributed by atoms with van der Waals surface area (Å²) in [6.45, 7) is 4.96. The molecule has 0 spiro atoms. The average molecular weight is 286 g/mol. The number of anilines is 1. The van der Waals surface area contributed by atoms with Gasteiger partial charge < -0.3 is 10.1 Å². The van der Waals surface area contributed by atoms with Gasteiger partial charge in [0.1, 0.15) is 5.75 Å². The second-order valence-corrected chi connectivity index (χ2v) is 6.46. The smallest absolute Gasteiger partial charge is 0.236 e. The van der Waals surface area contributed by atoms with Gasteiger partial charge in [-0.1, -0.05) is 19.1 Å². The van der Waals surface area contributed by atoms with Crippen molar-refractivity contribution in [1.29, 1.82) is 0 Å². The van der Waals surface area contributed by atoms with Crippen molar-refractivity contribution in [2.45, 2.75) is 25.5 Å². The van der Waals surface area contributed by atoms with E-state index in [-0.39, 0.29) is 0 Å². The van der Waals surface area contributed by atoms with Gasteiger partial charge in [-0.25, -0.2) is 8.42 Å². The highest BCUT2D eigenvalue weighted by atomic mass is 32.2. The number of sulfonamides is 1. The molecule has 6 heteroatoms. The number of hydrogen-bond donors (Lipinski definition) is 2. The zero-order valence-electron chi connectivity index (χ0n) is 11.6. The predicted octanol–water partition coefficient (Wildman–Crippen LogP) is 1.82. The third-order valence-electron chi connectivity index (χ3n) is 2.75. The van der Waals surface area contributed by atoms with Crippen molar-refractivity contribution in [3.05, 3.63) is 24.3 Å². The van der Waals surface area contributed by atoms with Crippen LogP contribution in [0.1, 0.15) is 20.3 Å². The highest BCUT2D eigenvalue weighted by Crippen LogP contribution is 2.24. The maximum absolute atomic E-state index is 12.2. The normalized spacial score (nSPS) is 13.0. The molecule has 1 aromatic carbocycles. The van der Waals surface area contributed by atoms with E-state index < -0.39 is 15.3 Å². The van der Waals surface area contributed by atoms with E-state index in [0.717, 1.165) is 13.0 Å². The van der Waals surface area contributed by atoms with Crippen LogP contribution in [0.25, 0.3) is 0 Å². The largest absolute Gasteiger partial charge is 0.495 e. The molecule has 0 saturated carbocycles. The Balaban J connectivity index is 2.73. The van der Waals surface area contributed by atoms with Crippen molar-refractivity contribution in [3.63, 3.8) is 0 Å². The average Bonchev–Trinajstić information content (AvgIpc) is 2.39. The van der Waals surface area contributed by atoms with E-state index in [4.69, 9.17) is 4.74 Å². The van der Waals surface area contributed by atoms with Crippen LogP contribution in [0, 0.1) is 0 Å². The van der Waals surface area contributed by atoms with Crippen LogP contribution in [-0.2, 0) is 10.0 Å². The number of rotatable bonds is 8. The lowest BCUT2D eigenvalue weighted by molar-refractivity contribution is 0.417. The Morgan fingerprint density at radius 1 is 1.32 bits per heavy atom. The highest BCUT2D eigenvalue weighted by Gasteiger charge is 2.21. The van der Waals surface area contributed by atoms with Crippen LogP contribution in [0.5, 0.6) is 5.75 Å². The Kier molecular flexibility index (Phi) is 6.11. The van der Waals surface area contributed by atoms with Gasteiger partial charge in [0.2, 0.25) is 10.0 Å². The molecule has 5 nitrogen and oxygen atoms in total. The number of benzene rings is 1. The lowest BCUT2D eigenvalue weighted by Crippen LogP contribution is -2.35. The predicted molar refractivity (Wildman–Crippen MR) is 78.2 cm³/mol. The molecule has 1 atom stereocenters. The van der Waals surface area contributed by atoms with E-state index in [9.17, 15) is 8.42 Å². The molecule has 0 bridgehead atoms. The Hall–Kier alpha value is -1.27. The Bertz CT molecular complexity index is 488. The molecule has 0 saturated heterocycles. The SMILES string of the molecule is CCCNCC(C)S(=O)(=O)Nc1ccccc1OC. The maximum Gasteiger partial charge on any atom is 0.236 e. The standard InChI is InChI=1S/C13H22N2O3S/c1-4-9-14-10-11(2)19(16,17)15-12-7-5-6-8-13(12)18-3/h5-8,11,14-15H,4,9-10H2,1-3H3. The Labute approximate surface area is 115 Å². The minimum atomic E-state index is -3.42. The zero-order chi connectivity index (χ0) is 14.3. The number of hydrogen-bond acceptors (Lipinski definition) is 4. The van der Waals surface area contributed by atoms with Crippen molar-refractivity contribution < 1.29 is 13.2 Å². The van der Waals surface area contributed by atoms with E-state index in [1.165, 1.54) is 7.11 Å². The van der Waals surface area contributed by atoms with Gasteiger partial charge in [0, 0.05) is 6.54 Å². The number of nitrogens with one attached hydrogen (secondary N) is 2. The molecular formula is C13H22N2O3S. The van der Waals surface area contributed by atoms with Gasteiger partial charge >= 0.3 is 0 Å². The van der Waals surface area contributed by atoms with Crippen molar-refractivity contribution in [2.24, 2.45) is 0 Å². The van der Waals surface area contributed by atoms with Gasteiger partial charge in [-0.3, -0.25) is 4.72 Å². The van der Waals surface area contributed by atoms with Gasteiger partial charge in [-0.2, -0.15) is 0 Å². The zero-order valence-corrected chi connectivity index (χ0v) is 12.5. The van der Waals surface area contributed by atoms with Gasteiger partial charge in [-0.15, -0.1) is 0 Å². The highest BCUT2D eigenvalue weighted by molar-refractivity contribution is 7.93. The number of para-hydroxylation sites is 2. The summed E-state index contributed by atoms with van der Waals surface area (Å²) >= 11 is 0. The molecule has 0 amide bonds. The van der Waals surface area contributed by atoms with E-state index in [2.05, 4.69) is 10.0 Å². The molecule has 0 fully saturated rings. The molecule has 0 aliphatic heterocycles. The van der Waals surface area contributed by atoms with Crippen LogP contribution in [0.2, 0.25) is 0 Å². The fraction of sp³-hybridized carbons (Fsp3) is 0.538. The molecule has 1 rings (SSSR count). The summed E-state index contributed by atoms with van der Waals surface area (Å²) in [5.41, 5.74) is 0.465.